The molecule has 0 aromatic heterocycles. The molecule has 0 aromatic carbocycles. The van der Waals surface area contributed by atoms with Gasteiger partial charge in [-0.05, 0) is 103 Å². The number of hydrogen-bond acceptors (Lipinski definition) is 6. The van der Waals surface area contributed by atoms with Crippen LogP contribution in [0, 0.1) is 0 Å². The number of ether oxygens (including phenoxy) is 3. The van der Waals surface area contributed by atoms with Gasteiger partial charge in [-0.1, -0.05) is 216 Å². The van der Waals surface area contributed by atoms with E-state index in [9.17, 15) is 14.4 Å². The summed E-state index contributed by atoms with van der Waals surface area (Å²) >= 11 is 0. The largest absolute Gasteiger partial charge is 0.462 e. The summed E-state index contributed by atoms with van der Waals surface area (Å²) in [5.41, 5.74) is 0. The van der Waals surface area contributed by atoms with Crippen molar-refractivity contribution in [3.05, 3.63) is 72.9 Å². The maximum atomic E-state index is 12.8. The Morgan fingerprint density at radius 3 is 1.02 bits per heavy atom. The summed E-state index contributed by atoms with van der Waals surface area (Å²) in [6.45, 7) is 6.52. The summed E-state index contributed by atoms with van der Waals surface area (Å²) in [5.74, 6) is -0.963. The van der Waals surface area contributed by atoms with Crippen molar-refractivity contribution in [1.29, 1.82) is 0 Å². The van der Waals surface area contributed by atoms with E-state index in [1.807, 2.05) is 0 Å². The molecule has 0 aliphatic heterocycles. The molecule has 0 spiro atoms. The van der Waals surface area contributed by atoms with Crippen molar-refractivity contribution in [3.63, 3.8) is 0 Å². The molecule has 0 aromatic rings. The predicted octanol–water partition coefficient (Wildman–Crippen LogP) is 18.2. The molecule has 0 fully saturated rings. The molecule has 0 rings (SSSR count). The van der Waals surface area contributed by atoms with Crippen molar-refractivity contribution in [1.82, 2.24) is 0 Å². The summed E-state index contributed by atoms with van der Waals surface area (Å²) in [4.78, 5) is 38.0. The monoisotopic (exact) mass is 907 g/mol. The fourth-order valence-electron chi connectivity index (χ4n) is 7.47. The molecular weight excluding hydrogens is 805 g/mol. The summed E-state index contributed by atoms with van der Waals surface area (Å²) in [6, 6.07) is 0. The second-order valence-corrected chi connectivity index (χ2v) is 18.1. The van der Waals surface area contributed by atoms with E-state index in [4.69, 9.17) is 14.2 Å². The third-order valence-corrected chi connectivity index (χ3v) is 11.7. The first-order valence-corrected chi connectivity index (χ1v) is 27.4. The quantitative estimate of drug-likeness (QED) is 0.0262. The molecule has 1 atom stereocenters. The minimum atomic E-state index is -0.801. The van der Waals surface area contributed by atoms with Crippen LogP contribution in [-0.4, -0.2) is 37.2 Å². The van der Waals surface area contributed by atoms with E-state index in [0.29, 0.717) is 19.3 Å². The van der Waals surface area contributed by atoms with Crippen molar-refractivity contribution >= 4 is 17.9 Å². The number of carbonyl (C=O) groups is 3. The van der Waals surface area contributed by atoms with Crippen LogP contribution in [0.25, 0.3) is 0 Å². The Balaban J connectivity index is 4.43. The fraction of sp³-hybridized carbons (Fsp3) is 0.746. The normalized spacial score (nSPS) is 12.6. The van der Waals surface area contributed by atoms with E-state index in [0.717, 1.165) is 77.0 Å². The molecule has 374 valence electrons. The van der Waals surface area contributed by atoms with Crippen LogP contribution >= 0.6 is 0 Å². The highest BCUT2D eigenvalue weighted by Crippen LogP contribution is 2.14. The molecule has 0 N–H and O–H groups in total. The smallest absolute Gasteiger partial charge is 0.306 e. The van der Waals surface area contributed by atoms with Crippen molar-refractivity contribution in [2.45, 2.75) is 271 Å². The summed E-state index contributed by atoms with van der Waals surface area (Å²) in [7, 11) is 0. The Morgan fingerprint density at radius 2 is 0.585 bits per heavy atom. The lowest BCUT2D eigenvalue weighted by molar-refractivity contribution is -0.167. The zero-order valence-electron chi connectivity index (χ0n) is 42.7. The van der Waals surface area contributed by atoms with E-state index >= 15 is 0 Å². The SMILES string of the molecule is CCCC/C=C\CCCCCCCC(=O)OC[C@@H](COC(=O)CCC/C=C\C/C=C\C/C=C\C/C=C\CCCCC)OC(=O)CCCCCCCCCCC/C=C\CCCCCCCC. The van der Waals surface area contributed by atoms with Crippen molar-refractivity contribution in [3.8, 4) is 0 Å². The first kappa shape index (κ1) is 61.9. The second-order valence-electron chi connectivity index (χ2n) is 18.1. The number of rotatable bonds is 49. The van der Waals surface area contributed by atoms with Crippen LogP contribution < -0.4 is 0 Å². The Morgan fingerprint density at radius 1 is 0.308 bits per heavy atom. The Labute approximate surface area is 402 Å². The second kappa shape index (κ2) is 53.5. The molecule has 0 radical (unpaired) electrons. The summed E-state index contributed by atoms with van der Waals surface area (Å²) < 4.78 is 16.8. The van der Waals surface area contributed by atoms with Crippen molar-refractivity contribution in [2.24, 2.45) is 0 Å². The van der Waals surface area contributed by atoms with Gasteiger partial charge in [-0.3, -0.25) is 14.4 Å². The molecule has 0 saturated heterocycles. The van der Waals surface area contributed by atoms with Gasteiger partial charge in [-0.15, -0.1) is 0 Å². The molecule has 65 heavy (non-hydrogen) atoms. The molecule has 6 nitrogen and oxygen atoms in total. The standard InChI is InChI=1S/C59H102O6/c1-4-7-10-13-16-19-22-24-26-28-29-31-33-35-38-41-44-47-50-53-59(62)65-56(54-63-57(60)51-48-45-42-39-36-21-18-15-12-9-6-3)55-64-58(61)52-49-46-43-40-37-34-32-30-27-25-23-20-17-14-11-8-5-2/h15,17-18,20,24-27,32,34,40,43,56H,4-14,16,19,21-23,28-31,33,35-39,41-42,44-55H2,1-3H3/b18-15-,20-17-,26-24-,27-25-,34-32-,43-40-/t56-/m0/s1. The van der Waals surface area contributed by atoms with Gasteiger partial charge in [0.25, 0.3) is 0 Å². The van der Waals surface area contributed by atoms with Crippen LogP contribution in [0.15, 0.2) is 72.9 Å². The van der Waals surface area contributed by atoms with E-state index in [2.05, 4.69) is 93.7 Å². The first-order valence-electron chi connectivity index (χ1n) is 27.4. The average Bonchev–Trinajstić information content (AvgIpc) is 3.30. The van der Waals surface area contributed by atoms with Gasteiger partial charge in [-0.2, -0.15) is 0 Å². The lowest BCUT2D eigenvalue weighted by Crippen LogP contribution is -2.30. The van der Waals surface area contributed by atoms with E-state index in [-0.39, 0.29) is 37.5 Å². The predicted molar refractivity (Wildman–Crippen MR) is 279 cm³/mol. The zero-order valence-corrected chi connectivity index (χ0v) is 42.7. The average molecular weight is 907 g/mol. The molecule has 6 heteroatoms. The van der Waals surface area contributed by atoms with Crippen molar-refractivity contribution in [2.75, 3.05) is 13.2 Å². The van der Waals surface area contributed by atoms with Gasteiger partial charge in [-0.25, -0.2) is 0 Å². The van der Waals surface area contributed by atoms with Gasteiger partial charge in [0.2, 0.25) is 0 Å². The van der Waals surface area contributed by atoms with E-state index in [1.54, 1.807) is 0 Å². The van der Waals surface area contributed by atoms with Crippen LogP contribution in [0.1, 0.15) is 265 Å². The minimum absolute atomic E-state index is 0.0973. The molecule has 0 amide bonds. The lowest BCUT2D eigenvalue weighted by atomic mass is 10.1. The van der Waals surface area contributed by atoms with Crippen LogP contribution in [0.4, 0.5) is 0 Å². The highest BCUT2D eigenvalue weighted by molar-refractivity contribution is 5.71. The first-order chi connectivity index (χ1) is 32.0. The van der Waals surface area contributed by atoms with Gasteiger partial charge in [0.05, 0.1) is 0 Å². The lowest BCUT2D eigenvalue weighted by Gasteiger charge is -2.18. The molecule has 0 saturated carbocycles. The van der Waals surface area contributed by atoms with E-state index < -0.39 is 6.10 Å². The van der Waals surface area contributed by atoms with Gasteiger partial charge >= 0.3 is 17.9 Å². The number of hydrogen-bond donors (Lipinski definition) is 0. The van der Waals surface area contributed by atoms with E-state index in [1.165, 1.54) is 141 Å². The maximum absolute atomic E-state index is 12.8. The van der Waals surface area contributed by atoms with Crippen LogP contribution in [0.3, 0.4) is 0 Å². The third kappa shape index (κ3) is 51.7. The summed E-state index contributed by atoms with van der Waals surface area (Å²) in [6.07, 6.45) is 67.5. The summed E-state index contributed by atoms with van der Waals surface area (Å²) in [5, 5.41) is 0. The molecular formula is C59H102O6. The van der Waals surface area contributed by atoms with Gasteiger partial charge in [0, 0.05) is 19.3 Å². The molecule has 0 aliphatic carbocycles. The van der Waals surface area contributed by atoms with Gasteiger partial charge in [0.1, 0.15) is 13.2 Å². The number of allylic oxidation sites excluding steroid dienone is 12. The van der Waals surface area contributed by atoms with Crippen LogP contribution in [0.5, 0.6) is 0 Å². The number of carbonyl (C=O) groups excluding carboxylic acids is 3. The maximum Gasteiger partial charge on any atom is 0.306 e. The fourth-order valence-corrected chi connectivity index (χ4v) is 7.47. The van der Waals surface area contributed by atoms with Gasteiger partial charge < -0.3 is 14.2 Å². The Bertz CT molecular complexity index is 1230. The Hall–Kier alpha value is -3.15. The van der Waals surface area contributed by atoms with Crippen LogP contribution in [0.2, 0.25) is 0 Å². The highest BCUT2D eigenvalue weighted by Gasteiger charge is 2.19. The topological polar surface area (TPSA) is 78.9 Å². The minimum Gasteiger partial charge on any atom is -0.462 e. The molecule has 0 bridgehead atoms. The van der Waals surface area contributed by atoms with Crippen molar-refractivity contribution < 1.29 is 28.6 Å². The molecule has 0 unspecified atom stereocenters. The highest BCUT2D eigenvalue weighted by atomic mass is 16.6. The Kier molecular flexibility index (Phi) is 50.9. The van der Waals surface area contributed by atoms with Crippen LogP contribution in [-0.2, 0) is 28.6 Å². The molecule has 0 aliphatic rings. The third-order valence-electron chi connectivity index (χ3n) is 11.7. The number of esters is 3. The molecule has 0 heterocycles. The number of unbranched alkanes of at least 4 members (excludes halogenated alkanes) is 26. The van der Waals surface area contributed by atoms with Gasteiger partial charge in [0.15, 0.2) is 6.10 Å². The zero-order chi connectivity index (χ0) is 47.2.